The van der Waals surface area contributed by atoms with Gasteiger partial charge in [-0.25, -0.2) is 9.67 Å². The number of aromatic nitrogens is 8. The molecule has 0 aliphatic carbocycles. The van der Waals surface area contributed by atoms with Crippen molar-refractivity contribution >= 4 is 0 Å². The number of rotatable bonds is 10. The summed E-state index contributed by atoms with van der Waals surface area (Å²) in [5, 5.41) is 18.1. The Balaban J connectivity index is 1.63. The maximum Gasteiger partial charge on any atom is 0.431 e. The molecule has 0 fully saturated rings. The summed E-state index contributed by atoms with van der Waals surface area (Å²) in [4.78, 5) is 4.72. The molecule has 0 amide bonds. The Labute approximate surface area is 195 Å². The van der Waals surface area contributed by atoms with Gasteiger partial charge in [0.25, 0.3) is 0 Å². The number of nitrogens with one attached hydrogen (secondary N) is 1. The molecule has 0 saturated heterocycles. The largest absolute Gasteiger partial charge is 0.431 e. The summed E-state index contributed by atoms with van der Waals surface area (Å²) < 4.78 is 44.1. The van der Waals surface area contributed by atoms with E-state index in [1.165, 1.54) is 6.07 Å². The van der Waals surface area contributed by atoms with Crippen molar-refractivity contribution < 1.29 is 13.2 Å². The number of aromatic amines is 1. The quantitative estimate of drug-likeness (QED) is 0.351. The van der Waals surface area contributed by atoms with Crippen LogP contribution in [0.15, 0.2) is 36.4 Å². The highest BCUT2D eigenvalue weighted by Crippen LogP contribution is 2.35. The van der Waals surface area contributed by atoms with E-state index in [0.717, 1.165) is 66.4 Å². The lowest BCUT2D eigenvalue weighted by atomic mass is 10.2. The lowest BCUT2D eigenvalue weighted by molar-refractivity contribution is -0.142. The molecule has 3 aromatic heterocycles. The summed E-state index contributed by atoms with van der Waals surface area (Å²) in [6, 6.07) is 9.31. The van der Waals surface area contributed by atoms with Gasteiger partial charge in [0.15, 0.2) is 5.82 Å². The predicted molar refractivity (Wildman–Crippen MR) is 120 cm³/mol. The second-order valence-electron chi connectivity index (χ2n) is 8.15. The first-order chi connectivity index (χ1) is 16.4. The molecule has 0 radical (unpaired) electrons. The minimum absolute atomic E-state index is 0.0855. The maximum absolute atomic E-state index is 13.7. The van der Waals surface area contributed by atoms with Gasteiger partial charge in [-0.3, -0.25) is 0 Å². The first-order valence-electron chi connectivity index (χ1n) is 11.4. The van der Waals surface area contributed by atoms with E-state index < -0.39 is 11.9 Å². The Morgan fingerprint density at radius 3 is 2.32 bits per heavy atom. The van der Waals surface area contributed by atoms with Crippen molar-refractivity contribution in [2.45, 2.75) is 65.1 Å². The second kappa shape index (κ2) is 10.2. The molecule has 8 nitrogen and oxygen atoms in total. The fourth-order valence-electron chi connectivity index (χ4n) is 3.82. The van der Waals surface area contributed by atoms with E-state index in [1.54, 1.807) is 12.1 Å². The van der Waals surface area contributed by atoms with E-state index in [2.05, 4.69) is 39.6 Å². The van der Waals surface area contributed by atoms with Crippen LogP contribution in [0.2, 0.25) is 0 Å². The summed E-state index contributed by atoms with van der Waals surface area (Å²) >= 11 is 0. The molecular formula is C23H27F3N8. The van der Waals surface area contributed by atoms with Gasteiger partial charge in [-0.2, -0.15) is 23.5 Å². The number of nitrogens with zero attached hydrogens (tertiary/aromatic N) is 7. The number of halogens is 3. The smallest absolute Gasteiger partial charge is 0.302 e. The zero-order valence-corrected chi connectivity index (χ0v) is 19.2. The molecule has 0 spiro atoms. The lowest BCUT2D eigenvalue weighted by Crippen LogP contribution is -2.13. The summed E-state index contributed by atoms with van der Waals surface area (Å²) in [6.45, 7) is 4.78. The van der Waals surface area contributed by atoms with Gasteiger partial charge in [-0.05, 0) is 47.9 Å². The third-order valence-electron chi connectivity index (χ3n) is 5.57. The second-order valence-corrected chi connectivity index (χ2v) is 8.15. The number of tetrazole rings is 1. The highest BCUT2D eigenvalue weighted by Gasteiger charge is 2.36. The van der Waals surface area contributed by atoms with Crippen LogP contribution in [-0.2, 0) is 25.6 Å². The first-order valence-corrected chi connectivity index (χ1v) is 11.4. The van der Waals surface area contributed by atoms with E-state index in [-0.39, 0.29) is 11.5 Å². The van der Waals surface area contributed by atoms with Crippen molar-refractivity contribution in [2.24, 2.45) is 0 Å². The summed E-state index contributed by atoms with van der Waals surface area (Å²) in [6.07, 6.45) is 1.35. The fourth-order valence-corrected chi connectivity index (χ4v) is 3.82. The van der Waals surface area contributed by atoms with Crippen LogP contribution in [0.3, 0.4) is 0 Å². The molecule has 3 heterocycles. The van der Waals surface area contributed by atoms with Crippen LogP contribution in [0.4, 0.5) is 13.2 Å². The SMILES string of the molecule is CCCCc1nc(CCCC)n(Cc2ccc(-n3c(-c4nn[nH]n4)ccc3C(F)(F)F)cc2)n1. The molecule has 0 aliphatic heterocycles. The van der Waals surface area contributed by atoms with Crippen LogP contribution in [0, 0.1) is 0 Å². The summed E-state index contributed by atoms with van der Waals surface area (Å²) in [5.74, 6) is 1.88. The molecule has 1 aromatic carbocycles. The van der Waals surface area contributed by atoms with Crippen LogP contribution < -0.4 is 0 Å². The lowest BCUT2D eigenvalue weighted by Gasteiger charge is -2.15. The molecular weight excluding hydrogens is 445 g/mol. The van der Waals surface area contributed by atoms with Crippen LogP contribution in [0.25, 0.3) is 17.2 Å². The van der Waals surface area contributed by atoms with Crippen molar-refractivity contribution in [2.75, 3.05) is 0 Å². The standard InChI is InChI=1S/C23H27F3N8/c1-3-5-7-20-27-21(8-6-4-2)33(30-20)15-16-9-11-17(12-10-16)34-18(22-28-31-32-29-22)13-14-19(34)23(24,25)26/h9-14H,3-8,15H2,1-2H3,(H,28,29,31,32). The highest BCUT2D eigenvalue weighted by molar-refractivity contribution is 5.57. The average Bonchev–Trinajstić information content (AvgIpc) is 3.56. The number of hydrogen-bond donors (Lipinski definition) is 1. The van der Waals surface area contributed by atoms with Crippen LogP contribution in [0.1, 0.15) is 62.4 Å². The Kier molecular flexibility index (Phi) is 7.09. The van der Waals surface area contributed by atoms with Gasteiger partial charge >= 0.3 is 6.18 Å². The summed E-state index contributed by atoms with van der Waals surface area (Å²) in [5.41, 5.74) is 0.677. The number of hydrogen-bond acceptors (Lipinski definition) is 5. The van der Waals surface area contributed by atoms with Crippen molar-refractivity contribution in [3.63, 3.8) is 0 Å². The number of unbranched alkanes of at least 4 members (excludes halogenated alkanes) is 2. The fraction of sp³-hybridized carbons (Fsp3) is 0.435. The zero-order valence-electron chi connectivity index (χ0n) is 19.2. The molecule has 4 aromatic rings. The van der Waals surface area contributed by atoms with Gasteiger partial charge in [-0.15, -0.1) is 10.2 Å². The van der Waals surface area contributed by atoms with Gasteiger partial charge in [-0.1, -0.05) is 38.8 Å². The predicted octanol–water partition coefficient (Wildman–Crippen LogP) is 5.00. The number of alkyl halides is 3. The average molecular weight is 473 g/mol. The van der Waals surface area contributed by atoms with E-state index >= 15 is 0 Å². The normalized spacial score (nSPS) is 11.9. The monoisotopic (exact) mass is 472 g/mol. The van der Waals surface area contributed by atoms with Gasteiger partial charge in [0.2, 0.25) is 5.82 Å². The molecule has 11 heteroatoms. The van der Waals surface area contributed by atoms with Crippen molar-refractivity contribution in [3.8, 4) is 17.2 Å². The molecule has 4 rings (SSSR count). The van der Waals surface area contributed by atoms with E-state index in [4.69, 9.17) is 4.98 Å². The van der Waals surface area contributed by atoms with Crippen LogP contribution >= 0.6 is 0 Å². The molecule has 180 valence electrons. The molecule has 1 N–H and O–H groups in total. The molecule has 0 aliphatic rings. The Bertz CT molecular complexity index is 1190. The Hall–Kier alpha value is -3.50. The molecule has 0 atom stereocenters. The Morgan fingerprint density at radius 2 is 1.68 bits per heavy atom. The summed E-state index contributed by atoms with van der Waals surface area (Å²) in [7, 11) is 0. The molecule has 0 saturated carbocycles. The molecule has 0 unspecified atom stereocenters. The first kappa shape index (κ1) is 23.7. The van der Waals surface area contributed by atoms with E-state index in [0.29, 0.717) is 12.2 Å². The number of benzene rings is 1. The van der Waals surface area contributed by atoms with Crippen molar-refractivity contribution in [1.29, 1.82) is 0 Å². The van der Waals surface area contributed by atoms with Crippen LogP contribution in [0.5, 0.6) is 0 Å². The van der Waals surface area contributed by atoms with Crippen LogP contribution in [-0.4, -0.2) is 40.0 Å². The Morgan fingerprint density at radius 1 is 0.941 bits per heavy atom. The molecule has 34 heavy (non-hydrogen) atoms. The number of aryl methyl sites for hydroxylation is 2. The third-order valence-corrected chi connectivity index (χ3v) is 5.57. The maximum atomic E-state index is 13.7. The highest BCUT2D eigenvalue weighted by atomic mass is 19.4. The third kappa shape index (κ3) is 5.18. The topological polar surface area (TPSA) is 90.1 Å². The van der Waals surface area contributed by atoms with Gasteiger partial charge in [0.05, 0.1) is 12.2 Å². The zero-order chi connectivity index (χ0) is 24.1. The minimum atomic E-state index is -4.54. The van der Waals surface area contributed by atoms with E-state index in [1.807, 2.05) is 16.8 Å². The van der Waals surface area contributed by atoms with Gasteiger partial charge in [0, 0.05) is 18.5 Å². The van der Waals surface area contributed by atoms with E-state index in [9.17, 15) is 13.2 Å². The van der Waals surface area contributed by atoms with Gasteiger partial charge < -0.3 is 4.57 Å². The van der Waals surface area contributed by atoms with Gasteiger partial charge in [0.1, 0.15) is 11.5 Å². The van der Waals surface area contributed by atoms with Crippen molar-refractivity contribution in [1.82, 2.24) is 40.0 Å². The molecule has 0 bridgehead atoms. The number of H-pyrrole nitrogens is 1. The van der Waals surface area contributed by atoms with Crippen molar-refractivity contribution in [3.05, 3.63) is 59.3 Å². The minimum Gasteiger partial charge on any atom is -0.302 e.